The van der Waals surface area contributed by atoms with Crippen molar-refractivity contribution in [3.63, 3.8) is 0 Å². The van der Waals surface area contributed by atoms with Crippen molar-refractivity contribution in [2.24, 2.45) is 0 Å². The fourth-order valence-electron chi connectivity index (χ4n) is 13.0. The molecule has 2 heteroatoms. The molecular weight excluding hydrogens is 833 g/mol. The second-order valence-corrected chi connectivity index (χ2v) is 22.3. The van der Waals surface area contributed by atoms with E-state index in [1.165, 1.54) is 152 Å². The topological polar surface area (TPSA) is 15.3 Å². The van der Waals surface area contributed by atoms with Gasteiger partial charge in [0, 0.05) is 44.9 Å². The van der Waals surface area contributed by atoms with Crippen LogP contribution in [0, 0.1) is 0 Å². The zero-order chi connectivity index (χ0) is 47.1. The van der Waals surface area contributed by atoms with E-state index in [0.717, 1.165) is 6.42 Å². The van der Waals surface area contributed by atoms with Crippen LogP contribution in [0.4, 0.5) is 22.7 Å². The first kappa shape index (κ1) is 43.6. The number of nitrogens with zero attached hydrogens (tertiary/aromatic N) is 1. The number of hydrogen-bond acceptors (Lipinski definition) is 2. The van der Waals surface area contributed by atoms with Crippen molar-refractivity contribution in [3.05, 3.63) is 236 Å². The third kappa shape index (κ3) is 7.45. The molecule has 2 aliphatic heterocycles. The van der Waals surface area contributed by atoms with Crippen molar-refractivity contribution >= 4 is 34.9 Å². The summed E-state index contributed by atoms with van der Waals surface area (Å²) in [7, 11) is 0. The van der Waals surface area contributed by atoms with Gasteiger partial charge in [-0.05, 0) is 178 Å². The van der Waals surface area contributed by atoms with Gasteiger partial charge in [-0.25, -0.2) is 0 Å². The fraction of sp³-hybridized carbons (Fsp3) is 0.284. The number of anilines is 4. The third-order valence-corrected chi connectivity index (χ3v) is 17.0. The molecule has 4 aliphatic carbocycles. The molecule has 7 aromatic carbocycles. The number of hydrogen-bond donors (Lipinski definition) is 1. The number of fused-ring (bicyclic) bond motifs is 9. The Morgan fingerprint density at radius 2 is 1.09 bits per heavy atom. The summed E-state index contributed by atoms with van der Waals surface area (Å²) in [4.78, 5) is 2.55. The van der Waals surface area contributed by atoms with E-state index in [1.54, 1.807) is 11.1 Å². The first-order valence-corrected chi connectivity index (χ1v) is 25.9. The molecule has 0 radical (unpaired) electrons. The molecule has 1 unspecified atom stereocenters. The van der Waals surface area contributed by atoms with Crippen molar-refractivity contribution in [2.45, 2.75) is 121 Å². The van der Waals surface area contributed by atoms with E-state index in [4.69, 9.17) is 0 Å². The van der Waals surface area contributed by atoms with E-state index < -0.39 is 0 Å². The largest absolute Gasteiger partial charge is 0.355 e. The smallest absolute Gasteiger partial charge is 0.0502 e. The lowest BCUT2D eigenvalue weighted by atomic mass is 9.69. The van der Waals surface area contributed by atoms with Gasteiger partial charge in [0.25, 0.3) is 0 Å². The molecule has 13 rings (SSSR count). The maximum absolute atomic E-state index is 3.78. The Morgan fingerprint density at radius 3 is 1.84 bits per heavy atom. The SMILES string of the molecule is CC1(C)C2=CC(c3ccc(/C=C/c4ccc5c(c4)C(C)(C)c4cc6c(cc4-5)C(C)(C)c4ccccc4N6)cc3)CC=C2N(c2ccc3c(c2)CCCC3)c2ccccc21.c1ccc2c(c1)CCCC2. The van der Waals surface area contributed by atoms with E-state index >= 15 is 0 Å². The molecule has 1 N–H and O–H groups in total. The number of allylic oxidation sites excluding steroid dienone is 3. The van der Waals surface area contributed by atoms with Crippen LogP contribution in [0.15, 0.2) is 169 Å². The van der Waals surface area contributed by atoms with Gasteiger partial charge in [0.2, 0.25) is 0 Å². The molecule has 0 saturated carbocycles. The molecule has 344 valence electrons. The van der Waals surface area contributed by atoms with Crippen molar-refractivity contribution in [1.29, 1.82) is 0 Å². The molecule has 6 aliphatic rings. The van der Waals surface area contributed by atoms with E-state index in [2.05, 4.69) is 222 Å². The van der Waals surface area contributed by atoms with Crippen LogP contribution in [-0.2, 0) is 41.9 Å². The summed E-state index contributed by atoms with van der Waals surface area (Å²) >= 11 is 0. The highest BCUT2D eigenvalue weighted by Crippen LogP contribution is 2.56. The van der Waals surface area contributed by atoms with Gasteiger partial charge in [-0.2, -0.15) is 0 Å². The van der Waals surface area contributed by atoms with Crippen LogP contribution in [0.5, 0.6) is 0 Å². The Balaban J connectivity index is 0.000000436. The van der Waals surface area contributed by atoms with Gasteiger partial charge in [-0.15, -0.1) is 0 Å². The second-order valence-electron chi connectivity index (χ2n) is 22.3. The summed E-state index contributed by atoms with van der Waals surface area (Å²) in [5, 5.41) is 3.78. The number of benzene rings is 7. The average Bonchev–Trinajstić information content (AvgIpc) is 3.59. The van der Waals surface area contributed by atoms with Crippen molar-refractivity contribution in [1.82, 2.24) is 0 Å². The van der Waals surface area contributed by atoms with Gasteiger partial charge < -0.3 is 10.2 Å². The quantitative estimate of drug-likeness (QED) is 0.177. The molecule has 0 bridgehead atoms. The molecule has 0 amide bonds. The van der Waals surface area contributed by atoms with Gasteiger partial charge in [0.1, 0.15) is 0 Å². The first-order valence-electron chi connectivity index (χ1n) is 25.9. The van der Waals surface area contributed by atoms with Crippen molar-refractivity contribution < 1.29 is 0 Å². The van der Waals surface area contributed by atoms with Crippen LogP contribution < -0.4 is 10.2 Å². The van der Waals surface area contributed by atoms with Gasteiger partial charge >= 0.3 is 0 Å². The van der Waals surface area contributed by atoms with Crippen LogP contribution in [-0.4, -0.2) is 0 Å². The lowest BCUT2D eigenvalue weighted by Crippen LogP contribution is -2.37. The lowest BCUT2D eigenvalue weighted by molar-refractivity contribution is 0.595. The molecular formula is C67H66N2. The Kier molecular flexibility index (Phi) is 10.6. The third-order valence-electron chi connectivity index (χ3n) is 17.0. The first-order chi connectivity index (χ1) is 33.4. The summed E-state index contributed by atoms with van der Waals surface area (Å²) in [6.07, 6.45) is 21.0. The highest BCUT2D eigenvalue weighted by atomic mass is 15.2. The Labute approximate surface area is 411 Å². The standard InChI is InChI=1S/C57H54N2.C10H12/c1-55(2)45-15-9-11-17-51(45)58-52-35-48-44(34-49(52)55)43-29-23-37(31-47(43)57(48,5)6)20-19-36-21-24-39(25-22-36)41-27-30-54-50(33-41)56(3,4)46-16-10-12-18-53(46)59(54)42-28-26-38-13-7-8-14-40(38)32-42;1-2-6-10-8-4-3-7-9(10)5-1/h9-12,15-26,28-35,41,58H,7-8,13-14,27H2,1-6H3;1-2,5-6H,3-4,7-8H2/b20-19+;. The molecule has 0 fully saturated rings. The summed E-state index contributed by atoms with van der Waals surface area (Å²) in [6.45, 7) is 14.3. The van der Waals surface area contributed by atoms with Crippen LogP contribution in [0.1, 0.15) is 146 Å². The highest BCUT2D eigenvalue weighted by molar-refractivity contribution is 5.88. The normalized spacial score (nSPS) is 19.3. The van der Waals surface area contributed by atoms with E-state index in [-0.39, 0.29) is 16.2 Å². The molecule has 0 saturated heterocycles. The minimum absolute atomic E-state index is 0.0767. The summed E-state index contributed by atoms with van der Waals surface area (Å²) in [5.74, 6) is 0.336. The Hall–Kier alpha value is -6.64. The predicted molar refractivity (Wildman–Crippen MR) is 293 cm³/mol. The monoisotopic (exact) mass is 899 g/mol. The maximum Gasteiger partial charge on any atom is 0.0502 e. The van der Waals surface area contributed by atoms with Gasteiger partial charge in [0.15, 0.2) is 0 Å². The number of nitrogens with one attached hydrogen (secondary N) is 1. The Morgan fingerprint density at radius 1 is 0.478 bits per heavy atom. The number of para-hydroxylation sites is 2. The minimum Gasteiger partial charge on any atom is -0.355 e. The summed E-state index contributed by atoms with van der Waals surface area (Å²) < 4.78 is 0. The zero-order valence-electron chi connectivity index (χ0n) is 41.6. The van der Waals surface area contributed by atoms with E-state index in [0.29, 0.717) is 5.92 Å². The van der Waals surface area contributed by atoms with Crippen LogP contribution in [0.2, 0.25) is 0 Å². The highest BCUT2D eigenvalue weighted by Gasteiger charge is 2.42. The zero-order valence-corrected chi connectivity index (χ0v) is 41.6. The average molecular weight is 899 g/mol. The summed E-state index contributed by atoms with van der Waals surface area (Å²) in [5.41, 5.74) is 27.3. The summed E-state index contributed by atoms with van der Waals surface area (Å²) in [6, 6.07) is 55.1. The minimum atomic E-state index is -0.0982. The molecule has 0 aromatic heterocycles. The van der Waals surface area contributed by atoms with Gasteiger partial charge in [-0.3, -0.25) is 0 Å². The lowest BCUT2D eigenvalue weighted by Gasteiger charge is -2.46. The van der Waals surface area contributed by atoms with Crippen LogP contribution >= 0.6 is 0 Å². The molecule has 1 atom stereocenters. The number of rotatable bonds is 4. The van der Waals surface area contributed by atoms with Gasteiger partial charge in [0.05, 0.1) is 5.69 Å². The molecule has 2 nitrogen and oxygen atoms in total. The van der Waals surface area contributed by atoms with Crippen molar-refractivity contribution in [3.8, 4) is 11.1 Å². The van der Waals surface area contributed by atoms with Gasteiger partial charge in [-0.1, -0.05) is 175 Å². The van der Waals surface area contributed by atoms with Crippen LogP contribution in [0.25, 0.3) is 23.3 Å². The van der Waals surface area contributed by atoms with E-state index in [1.807, 2.05) is 0 Å². The van der Waals surface area contributed by atoms with Crippen LogP contribution in [0.3, 0.4) is 0 Å². The number of aryl methyl sites for hydroxylation is 4. The predicted octanol–water partition coefficient (Wildman–Crippen LogP) is 17.4. The van der Waals surface area contributed by atoms with Crippen molar-refractivity contribution in [2.75, 3.05) is 10.2 Å². The fourth-order valence-corrected chi connectivity index (χ4v) is 13.0. The second kappa shape index (κ2) is 16.8. The molecule has 0 spiro atoms. The maximum atomic E-state index is 3.78. The Bertz CT molecular complexity index is 3230. The molecule has 69 heavy (non-hydrogen) atoms. The van der Waals surface area contributed by atoms with E-state index in [9.17, 15) is 0 Å². The molecule has 2 heterocycles. The molecule has 7 aromatic rings.